The van der Waals surface area contributed by atoms with Crippen LogP contribution < -0.4 is 0 Å². The molecule has 112 valence electrons. The Morgan fingerprint density at radius 1 is 1.14 bits per heavy atom. The predicted molar refractivity (Wildman–Crippen MR) is 92.4 cm³/mol. The van der Waals surface area contributed by atoms with Crippen molar-refractivity contribution in [2.75, 3.05) is 0 Å². The summed E-state index contributed by atoms with van der Waals surface area (Å²) in [5.74, 6) is 0.388. The van der Waals surface area contributed by atoms with Gasteiger partial charge in [-0.3, -0.25) is 0 Å². The topological polar surface area (TPSA) is 25.2 Å². The van der Waals surface area contributed by atoms with Crippen LogP contribution >= 0.6 is 0 Å². The summed E-state index contributed by atoms with van der Waals surface area (Å²) >= 11 is 0. The van der Waals surface area contributed by atoms with Gasteiger partial charge in [0.2, 0.25) is 0 Å². The van der Waals surface area contributed by atoms with Gasteiger partial charge in [0.15, 0.2) is 0 Å². The van der Waals surface area contributed by atoms with Crippen molar-refractivity contribution in [3.05, 3.63) is 78.0 Å². The SMILES string of the molecule is C=CCc1ccc2c(cc(CC)n2Cc2ccccc2)c1O. The fourth-order valence-corrected chi connectivity index (χ4v) is 2.99. The van der Waals surface area contributed by atoms with Crippen LogP contribution in [0.15, 0.2) is 61.2 Å². The number of phenols is 1. The van der Waals surface area contributed by atoms with Crippen LogP contribution in [0.4, 0.5) is 0 Å². The Hall–Kier alpha value is -2.48. The quantitative estimate of drug-likeness (QED) is 0.678. The van der Waals surface area contributed by atoms with Gasteiger partial charge in [-0.15, -0.1) is 6.58 Å². The van der Waals surface area contributed by atoms with Crippen molar-refractivity contribution in [2.24, 2.45) is 0 Å². The summed E-state index contributed by atoms with van der Waals surface area (Å²) in [6, 6.07) is 16.6. The van der Waals surface area contributed by atoms with E-state index >= 15 is 0 Å². The Kier molecular flexibility index (Phi) is 4.01. The van der Waals surface area contributed by atoms with E-state index in [0.717, 1.165) is 29.4 Å². The normalized spacial score (nSPS) is 11.0. The fourth-order valence-electron chi connectivity index (χ4n) is 2.99. The van der Waals surface area contributed by atoms with Gasteiger partial charge in [0, 0.05) is 17.6 Å². The molecule has 0 saturated heterocycles. The lowest BCUT2D eigenvalue weighted by Gasteiger charge is -2.11. The highest BCUT2D eigenvalue weighted by Crippen LogP contribution is 2.32. The molecular weight excluding hydrogens is 270 g/mol. The van der Waals surface area contributed by atoms with Crippen molar-refractivity contribution in [3.63, 3.8) is 0 Å². The van der Waals surface area contributed by atoms with Crippen molar-refractivity contribution >= 4 is 10.9 Å². The summed E-state index contributed by atoms with van der Waals surface area (Å²) in [6.45, 7) is 6.73. The maximum Gasteiger partial charge on any atom is 0.128 e. The summed E-state index contributed by atoms with van der Waals surface area (Å²) in [5.41, 5.74) is 4.53. The van der Waals surface area contributed by atoms with E-state index in [2.05, 4.69) is 54.5 Å². The molecule has 2 aromatic carbocycles. The van der Waals surface area contributed by atoms with E-state index in [1.165, 1.54) is 11.3 Å². The molecule has 1 heterocycles. The smallest absolute Gasteiger partial charge is 0.128 e. The molecule has 0 spiro atoms. The molecule has 0 amide bonds. The van der Waals surface area contributed by atoms with Crippen LogP contribution in [-0.2, 0) is 19.4 Å². The van der Waals surface area contributed by atoms with E-state index in [1.54, 1.807) is 0 Å². The number of hydrogen-bond acceptors (Lipinski definition) is 1. The molecule has 3 rings (SSSR count). The average Bonchev–Trinajstić information content (AvgIpc) is 2.90. The maximum absolute atomic E-state index is 10.5. The highest BCUT2D eigenvalue weighted by atomic mass is 16.3. The molecule has 2 nitrogen and oxygen atoms in total. The van der Waals surface area contributed by atoms with Gasteiger partial charge in [-0.05, 0) is 36.1 Å². The zero-order valence-corrected chi connectivity index (χ0v) is 12.9. The summed E-state index contributed by atoms with van der Waals surface area (Å²) in [6.07, 6.45) is 3.45. The van der Waals surface area contributed by atoms with Crippen molar-refractivity contribution in [3.8, 4) is 5.75 Å². The van der Waals surface area contributed by atoms with Gasteiger partial charge in [0.05, 0.1) is 5.52 Å². The van der Waals surface area contributed by atoms with Crippen molar-refractivity contribution in [1.29, 1.82) is 0 Å². The number of rotatable bonds is 5. The van der Waals surface area contributed by atoms with Crippen LogP contribution in [0.1, 0.15) is 23.7 Å². The van der Waals surface area contributed by atoms with Crippen LogP contribution in [0.2, 0.25) is 0 Å². The van der Waals surface area contributed by atoms with Gasteiger partial charge in [0.25, 0.3) is 0 Å². The second-order valence-electron chi connectivity index (χ2n) is 5.56. The molecular formula is C20H21NO. The predicted octanol–water partition coefficient (Wildman–Crippen LogP) is 4.69. The van der Waals surface area contributed by atoms with Gasteiger partial charge in [-0.25, -0.2) is 0 Å². The first kappa shape index (κ1) is 14.5. The average molecular weight is 291 g/mol. The monoisotopic (exact) mass is 291 g/mol. The molecule has 0 atom stereocenters. The Morgan fingerprint density at radius 3 is 2.59 bits per heavy atom. The second kappa shape index (κ2) is 6.10. The van der Waals surface area contributed by atoms with E-state index in [-0.39, 0.29) is 0 Å². The van der Waals surface area contributed by atoms with Crippen LogP contribution in [0.5, 0.6) is 5.75 Å². The Morgan fingerprint density at radius 2 is 1.91 bits per heavy atom. The Labute approximate surface area is 131 Å². The van der Waals surface area contributed by atoms with E-state index in [1.807, 2.05) is 18.2 Å². The van der Waals surface area contributed by atoms with E-state index < -0.39 is 0 Å². The van der Waals surface area contributed by atoms with E-state index in [0.29, 0.717) is 12.2 Å². The van der Waals surface area contributed by atoms with E-state index in [9.17, 15) is 5.11 Å². The number of phenolic OH excluding ortho intramolecular Hbond substituents is 1. The standard InChI is InChI=1S/C20H21NO/c1-3-8-16-11-12-19-18(20(16)22)13-17(4-2)21(19)14-15-9-6-5-7-10-15/h3,5-7,9-13,22H,1,4,8,14H2,2H3. The first-order valence-electron chi connectivity index (χ1n) is 7.72. The zero-order valence-electron chi connectivity index (χ0n) is 12.9. The van der Waals surface area contributed by atoms with Crippen LogP contribution in [0, 0.1) is 0 Å². The number of aryl methyl sites for hydroxylation is 1. The molecule has 3 aromatic rings. The molecule has 0 unspecified atom stereocenters. The lowest BCUT2D eigenvalue weighted by Crippen LogP contribution is -2.03. The molecule has 0 aliphatic carbocycles. The largest absolute Gasteiger partial charge is 0.507 e. The number of nitrogens with zero attached hydrogens (tertiary/aromatic N) is 1. The molecule has 22 heavy (non-hydrogen) atoms. The molecule has 2 heteroatoms. The summed E-state index contributed by atoms with van der Waals surface area (Å²) in [5, 5.41) is 11.5. The molecule has 0 aliphatic heterocycles. The number of hydrogen-bond donors (Lipinski definition) is 1. The van der Waals surface area contributed by atoms with Crippen molar-refractivity contribution in [2.45, 2.75) is 26.3 Å². The summed E-state index contributed by atoms with van der Waals surface area (Å²) in [7, 11) is 0. The second-order valence-corrected chi connectivity index (χ2v) is 5.56. The highest BCUT2D eigenvalue weighted by molar-refractivity contribution is 5.88. The van der Waals surface area contributed by atoms with Gasteiger partial charge < -0.3 is 9.67 Å². The van der Waals surface area contributed by atoms with Crippen LogP contribution in [0.3, 0.4) is 0 Å². The minimum atomic E-state index is 0.388. The van der Waals surface area contributed by atoms with Crippen LogP contribution in [-0.4, -0.2) is 9.67 Å². The first-order chi connectivity index (χ1) is 10.7. The Bertz CT molecular complexity index is 799. The zero-order chi connectivity index (χ0) is 15.5. The maximum atomic E-state index is 10.5. The number of allylic oxidation sites excluding steroid dienone is 1. The molecule has 1 aromatic heterocycles. The third-order valence-corrected chi connectivity index (χ3v) is 4.14. The van der Waals surface area contributed by atoms with Gasteiger partial charge >= 0.3 is 0 Å². The van der Waals surface area contributed by atoms with Gasteiger partial charge in [-0.2, -0.15) is 0 Å². The van der Waals surface area contributed by atoms with Crippen LogP contribution in [0.25, 0.3) is 10.9 Å². The number of fused-ring (bicyclic) bond motifs is 1. The lowest BCUT2D eigenvalue weighted by atomic mass is 10.1. The highest BCUT2D eigenvalue weighted by Gasteiger charge is 2.13. The first-order valence-corrected chi connectivity index (χ1v) is 7.72. The fraction of sp³-hybridized carbons (Fsp3) is 0.200. The van der Waals surface area contributed by atoms with Crippen molar-refractivity contribution in [1.82, 2.24) is 4.57 Å². The lowest BCUT2D eigenvalue weighted by molar-refractivity contribution is 0.476. The number of benzene rings is 2. The van der Waals surface area contributed by atoms with Gasteiger partial charge in [0.1, 0.15) is 5.75 Å². The molecule has 0 fully saturated rings. The third kappa shape index (κ3) is 2.52. The molecule has 0 aliphatic rings. The third-order valence-electron chi connectivity index (χ3n) is 4.14. The minimum absolute atomic E-state index is 0.388. The summed E-state index contributed by atoms with van der Waals surface area (Å²) < 4.78 is 2.29. The van der Waals surface area contributed by atoms with E-state index in [4.69, 9.17) is 0 Å². The van der Waals surface area contributed by atoms with Gasteiger partial charge in [-0.1, -0.05) is 49.4 Å². The molecule has 0 saturated carbocycles. The number of aromatic hydroxyl groups is 1. The molecule has 0 radical (unpaired) electrons. The molecule has 0 bridgehead atoms. The van der Waals surface area contributed by atoms with Crippen molar-refractivity contribution < 1.29 is 5.11 Å². The number of aromatic nitrogens is 1. The minimum Gasteiger partial charge on any atom is -0.507 e. The summed E-state index contributed by atoms with van der Waals surface area (Å²) in [4.78, 5) is 0. The molecule has 1 N–H and O–H groups in total. The Balaban J connectivity index is 2.13.